The predicted molar refractivity (Wildman–Crippen MR) is 78.7 cm³/mol. The molecule has 0 radical (unpaired) electrons. The summed E-state index contributed by atoms with van der Waals surface area (Å²) in [5.74, 6) is 5.49. The van der Waals surface area contributed by atoms with Gasteiger partial charge in [0.2, 0.25) is 15.9 Å². The topological polar surface area (TPSA) is 101 Å². The Morgan fingerprint density at radius 1 is 1.33 bits per heavy atom. The molecule has 21 heavy (non-hydrogen) atoms. The van der Waals surface area contributed by atoms with Gasteiger partial charge in [-0.25, -0.2) is 13.1 Å². The molecular formula is C14H17N3O3S. The third kappa shape index (κ3) is 4.29. The number of rotatable bonds is 4. The second-order valence-corrected chi connectivity index (χ2v) is 6.45. The Hall–Kier alpha value is -1.88. The molecule has 1 fully saturated rings. The van der Waals surface area contributed by atoms with Gasteiger partial charge in [-0.2, -0.15) is 0 Å². The smallest absolute Gasteiger partial charge is 0.240 e. The van der Waals surface area contributed by atoms with Gasteiger partial charge >= 0.3 is 0 Å². The monoisotopic (exact) mass is 307 g/mol. The van der Waals surface area contributed by atoms with Gasteiger partial charge in [-0.1, -0.05) is 11.8 Å². The Kier molecular flexibility index (Phi) is 4.96. The van der Waals surface area contributed by atoms with E-state index in [0.29, 0.717) is 18.4 Å². The molecule has 1 unspecified atom stereocenters. The van der Waals surface area contributed by atoms with E-state index >= 15 is 0 Å². The number of hydrogen-bond acceptors (Lipinski definition) is 4. The van der Waals surface area contributed by atoms with Gasteiger partial charge in [0.1, 0.15) is 0 Å². The summed E-state index contributed by atoms with van der Waals surface area (Å²) in [6.45, 7) is 0.456. The lowest BCUT2D eigenvalue weighted by atomic mass is 10.2. The minimum atomic E-state index is -3.58. The van der Waals surface area contributed by atoms with E-state index in [9.17, 15) is 13.2 Å². The molecule has 112 valence electrons. The van der Waals surface area contributed by atoms with Crippen LogP contribution in [0.4, 0.5) is 0 Å². The van der Waals surface area contributed by atoms with Gasteiger partial charge in [0, 0.05) is 24.6 Å². The molecule has 1 heterocycles. The first-order valence-corrected chi connectivity index (χ1v) is 8.07. The summed E-state index contributed by atoms with van der Waals surface area (Å²) in [6.07, 6.45) is 1.09. The van der Waals surface area contributed by atoms with Crippen molar-refractivity contribution >= 4 is 15.9 Å². The average Bonchev–Trinajstić information content (AvgIpc) is 2.89. The molecule has 2 rings (SSSR count). The fourth-order valence-corrected chi connectivity index (χ4v) is 3.08. The van der Waals surface area contributed by atoms with Gasteiger partial charge in [0.05, 0.1) is 11.4 Å². The molecule has 0 aromatic heterocycles. The fraction of sp³-hybridized carbons (Fsp3) is 0.357. The molecule has 0 bridgehead atoms. The van der Waals surface area contributed by atoms with Crippen LogP contribution >= 0.6 is 0 Å². The minimum Gasteiger partial charge on any atom is -0.352 e. The van der Waals surface area contributed by atoms with E-state index in [1.165, 1.54) is 12.1 Å². The van der Waals surface area contributed by atoms with Crippen LogP contribution in [0.5, 0.6) is 0 Å². The van der Waals surface area contributed by atoms with Crippen LogP contribution in [0.1, 0.15) is 18.4 Å². The zero-order valence-corrected chi connectivity index (χ0v) is 12.2. The van der Waals surface area contributed by atoms with E-state index in [4.69, 9.17) is 5.73 Å². The maximum atomic E-state index is 12.1. The second kappa shape index (κ2) is 6.72. The summed E-state index contributed by atoms with van der Waals surface area (Å²) >= 11 is 0. The normalized spacial score (nSPS) is 18.0. The highest BCUT2D eigenvalue weighted by Gasteiger charge is 2.23. The molecule has 0 aliphatic carbocycles. The van der Waals surface area contributed by atoms with Crippen LogP contribution in [-0.4, -0.2) is 33.5 Å². The van der Waals surface area contributed by atoms with E-state index < -0.39 is 10.0 Å². The predicted octanol–water partition coefficient (Wildman–Crippen LogP) is -0.446. The molecule has 1 aliphatic rings. The molecule has 1 aromatic carbocycles. The van der Waals surface area contributed by atoms with Crippen LogP contribution in [-0.2, 0) is 14.8 Å². The van der Waals surface area contributed by atoms with Crippen molar-refractivity contribution in [3.63, 3.8) is 0 Å². The number of nitrogens with one attached hydrogen (secondary N) is 2. The molecule has 7 heteroatoms. The zero-order valence-electron chi connectivity index (χ0n) is 11.4. The molecule has 4 N–H and O–H groups in total. The van der Waals surface area contributed by atoms with E-state index in [2.05, 4.69) is 21.9 Å². The highest BCUT2D eigenvalue weighted by Crippen LogP contribution is 2.11. The van der Waals surface area contributed by atoms with Gasteiger partial charge in [0.25, 0.3) is 0 Å². The van der Waals surface area contributed by atoms with Crippen molar-refractivity contribution in [3.05, 3.63) is 29.8 Å². The first-order chi connectivity index (χ1) is 10.0. The number of carbonyl (C=O) groups excluding carboxylic acids is 1. The van der Waals surface area contributed by atoms with Crippen LogP contribution in [0.3, 0.4) is 0 Å². The number of hydrogen-bond donors (Lipinski definition) is 3. The lowest BCUT2D eigenvalue weighted by Crippen LogP contribution is -2.38. The highest BCUT2D eigenvalue weighted by atomic mass is 32.2. The molecular weight excluding hydrogens is 290 g/mol. The summed E-state index contributed by atoms with van der Waals surface area (Å²) in [4.78, 5) is 11.2. The summed E-state index contributed by atoms with van der Waals surface area (Å²) in [5, 5.41) is 2.71. The van der Waals surface area contributed by atoms with Gasteiger partial charge in [-0.15, -0.1) is 0 Å². The van der Waals surface area contributed by atoms with Gasteiger partial charge < -0.3 is 11.1 Å². The summed E-state index contributed by atoms with van der Waals surface area (Å²) < 4.78 is 26.7. The Morgan fingerprint density at radius 3 is 2.62 bits per heavy atom. The van der Waals surface area contributed by atoms with Crippen LogP contribution in [0.25, 0.3) is 0 Å². The molecule has 0 saturated carbocycles. The Morgan fingerprint density at radius 2 is 2.05 bits per heavy atom. The number of sulfonamides is 1. The molecule has 1 amide bonds. The second-order valence-electron chi connectivity index (χ2n) is 4.69. The van der Waals surface area contributed by atoms with Gasteiger partial charge in [0.15, 0.2) is 0 Å². The average molecular weight is 307 g/mol. The number of amides is 1. The molecule has 0 spiro atoms. The van der Waals surface area contributed by atoms with Crippen molar-refractivity contribution in [3.8, 4) is 11.8 Å². The number of carbonyl (C=O) groups is 1. The lowest BCUT2D eigenvalue weighted by molar-refractivity contribution is -0.119. The van der Waals surface area contributed by atoms with Gasteiger partial charge in [-0.3, -0.25) is 4.79 Å². The summed E-state index contributed by atoms with van der Waals surface area (Å²) in [7, 11) is -3.58. The minimum absolute atomic E-state index is 0.0398. The van der Waals surface area contributed by atoms with Crippen LogP contribution < -0.4 is 15.8 Å². The standard InChI is InChI=1S/C14H17N3O3S/c15-9-1-2-11-3-6-13(7-4-11)21(19,20)16-10-12-5-8-14(18)17-12/h3-4,6-7,12,16H,5,8-10,15H2,(H,17,18). The van der Waals surface area contributed by atoms with Crippen molar-refractivity contribution in [2.75, 3.05) is 13.1 Å². The molecule has 1 aromatic rings. The van der Waals surface area contributed by atoms with E-state index in [1.54, 1.807) is 12.1 Å². The van der Waals surface area contributed by atoms with Crippen molar-refractivity contribution in [2.24, 2.45) is 5.73 Å². The Bertz CT molecular complexity index is 672. The first kappa shape index (κ1) is 15.5. The third-order valence-corrected chi connectivity index (χ3v) is 4.54. The highest BCUT2D eigenvalue weighted by molar-refractivity contribution is 7.89. The Labute approximate surface area is 124 Å². The maximum Gasteiger partial charge on any atom is 0.240 e. The van der Waals surface area contributed by atoms with Crippen LogP contribution in [0.2, 0.25) is 0 Å². The SMILES string of the molecule is NCC#Cc1ccc(S(=O)(=O)NCC2CCC(=O)N2)cc1. The third-order valence-electron chi connectivity index (χ3n) is 3.10. The van der Waals surface area contributed by atoms with E-state index in [0.717, 1.165) is 0 Å². The first-order valence-electron chi connectivity index (χ1n) is 6.59. The van der Waals surface area contributed by atoms with Crippen molar-refractivity contribution in [1.82, 2.24) is 10.0 Å². The van der Waals surface area contributed by atoms with Crippen molar-refractivity contribution < 1.29 is 13.2 Å². The summed E-state index contributed by atoms with van der Waals surface area (Å²) in [5.41, 5.74) is 5.99. The van der Waals surface area contributed by atoms with Crippen LogP contribution in [0.15, 0.2) is 29.2 Å². The quantitative estimate of drug-likeness (QED) is 0.656. The molecule has 1 aliphatic heterocycles. The Balaban J connectivity index is 2.00. The summed E-state index contributed by atoms with van der Waals surface area (Å²) in [6, 6.07) is 6.12. The number of nitrogens with two attached hydrogens (primary N) is 1. The van der Waals surface area contributed by atoms with Gasteiger partial charge in [-0.05, 0) is 30.7 Å². The number of benzene rings is 1. The molecule has 6 nitrogen and oxygen atoms in total. The fourth-order valence-electron chi connectivity index (χ4n) is 1.99. The zero-order chi connectivity index (χ0) is 15.3. The van der Waals surface area contributed by atoms with Crippen LogP contribution in [0, 0.1) is 11.8 Å². The van der Waals surface area contributed by atoms with E-state index in [-0.39, 0.29) is 29.9 Å². The van der Waals surface area contributed by atoms with E-state index in [1.807, 2.05) is 0 Å². The largest absolute Gasteiger partial charge is 0.352 e. The van der Waals surface area contributed by atoms with Crippen molar-refractivity contribution in [1.29, 1.82) is 0 Å². The van der Waals surface area contributed by atoms with Crippen molar-refractivity contribution in [2.45, 2.75) is 23.8 Å². The molecule has 1 atom stereocenters. The lowest BCUT2D eigenvalue weighted by Gasteiger charge is -2.11. The maximum absolute atomic E-state index is 12.1. The molecule has 1 saturated heterocycles.